The van der Waals surface area contributed by atoms with Gasteiger partial charge in [-0.05, 0) is 63.5 Å². The Bertz CT molecular complexity index is 761. The number of carbonyl (C=O) groups is 1. The first-order valence-electron chi connectivity index (χ1n) is 8.96. The Morgan fingerprint density at radius 2 is 2.00 bits per heavy atom. The molecule has 0 bridgehead atoms. The molecular formula is C19H23FN4O. The summed E-state index contributed by atoms with van der Waals surface area (Å²) < 4.78 is 15.9. The number of hydrogen-bond donors (Lipinski definition) is 0. The molecule has 2 unspecified atom stereocenters. The van der Waals surface area contributed by atoms with Gasteiger partial charge in [-0.25, -0.2) is 9.07 Å². The normalized spacial score (nSPS) is 24.2. The Morgan fingerprint density at radius 1 is 1.20 bits per heavy atom. The monoisotopic (exact) mass is 342 g/mol. The fraction of sp³-hybridized carbons (Fsp3) is 0.474. The number of likely N-dealkylation sites (tertiary alicyclic amines) is 2. The zero-order chi connectivity index (χ0) is 17.4. The molecule has 3 heterocycles. The predicted octanol–water partition coefficient (Wildman–Crippen LogP) is 2.71. The molecular weight excluding hydrogens is 319 g/mol. The van der Waals surface area contributed by atoms with Crippen molar-refractivity contribution in [1.29, 1.82) is 0 Å². The van der Waals surface area contributed by atoms with E-state index in [0.717, 1.165) is 32.4 Å². The van der Waals surface area contributed by atoms with E-state index in [1.165, 1.54) is 17.2 Å². The van der Waals surface area contributed by atoms with Crippen LogP contribution in [0.2, 0.25) is 0 Å². The van der Waals surface area contributed by atoms with Gasteiger partial charge in [0.25, 0.3) is 5.91 Å². The highest BCUT2D eigenvalue weighted by Gasteiger charge is 2.38. The molecule has 2 aliphatic heterocycles. The molecule has 6 heteroatoms. The molecule has 0 saturated carbocycles. The highest BCUT2D eigenvalue weighted by Crippen LogP contribution is 2.30. The first-order chi connectivity index (χ1) is 12.1. The summed E-state index contributed by atoms with van der Waals surface area (Å²) in [6, 6.07) is 7.09. The van der Waals surface area contributed by atoms with Gasteiger partial charge in [0.05, 0.1) is 0 Å². The van der Waals surface area contributed by atoms with Gasteiger partial charge in [0.15, 0.2) is 0 Å². The average molecular weight is 342 g/mol. The van der Waals surface area contributed by atoms with Gasteiger partial charge in [-0.1, -0.05) is 0 Å². The number of rotatable bonds is 3. The Kier molecular flexibility index (Phi) is 4.29. The summed E-state index contributed by atoms with van der Waals surface area (Å²) in [5.74, 6) is -0.489. The quantitative estimate of drug-likeness (QED) is 0.861. The second-order valence-corrected chi connectivity index (χ2v) is 7.02. The summed E-state index contributed by atoms with van der Waals surface area (Å²) in [5, 5.41) is 4.05. The topological polar surface area (TPSA) is 41.4 Å². The molecule has 1 amide bonds. The van der Waals surface area contributed by atoms with Crippen LogP contribution in [-0.2, 0) is 0 Å². The summed E-state index contributed by atoms with van der Waals surface area (Å²) in [6.07, 6.45) is 7.67. The molecule has 5 nitrogen and oxygen atoms in total. The fourth-order valence-corrected chi connectivity index (χ4v) is 4.27. The summed E-state index contributed by atoms with van der Waals surface area (Å²) in [4.78, 5) is 17.3. The first-order valence-corrected chi connectivity index (χ1v) is 8.96. The molecule has 132 valence electrons. The third kappa shape index (κ3) is 2.95. The smallest absolute Gasteiger partial charge is 0.254 e. The molecule has 0 radical (unpaired) electrons. The molecule has 2 saturated heterocycles. The summed E-state index contributed by atoms with van der Waals surface area (Å²) in [7, 11) is 2.14. The molecule has 2 aliphatic rings. The molecule has 2 aromatic rings. The van der Waals surface area contributed by atoms with E-state index in [1.807, 2.05) is 4.90 Å². The number of hydrogen-bond acceptors (Lipinski definition) is 3. The summed E-state index contributed by atoms with van der Waals surface area (Å²) >= 11 is 0. The average Bonchev–Trinajstić information content (AvgIpc) is 3.35. The second-order valence-electron chi connectivity index (χ2n) is 7.02. The van der Waals surface area contributed by atoms with Crippen LogP contribution in [-0.4, -0.2) is 57.7 Å². The van der Waals surface area contributed by atoms with Crippen molar-refractivity contribution < 1.29 is 9.18 Å². The first kappa shape index (κ1) is 16.3. The van der Waals surface area contributed by atoms with Crippen molar-refractivity contribution in [3.8, 4) is 5.69 Å². The van der Waals surface area contributed by atoms with Crippen LogP contribution in [0.1, 0.15) is 36.0 Å². The predicted molar refractivity (Wildman–Crippen MR) is 93.2 cm³/mol. The van der Waals surface area contributed by atoms with Gasteiger partial charge in [0, 0.05) is 36.6 Å². The standard InChI is InChI=1S/C19H23FN4O/c1-22-10-2-5-17(22)18-6-3-11-23(18)19(25)14-7-8-16(15(20)13-14)24-12-4-9-21-24/h4,7-9,12-13,17-18H,2-3,5-6,10-11H2,1H3. The molecule has 4 rings (SSSR count). The lowest BCUT2D eigenvalue weighted by Crippen LogP contribution is -2.47. The number of amides is 1. The molecule has 25 heavy (non-hydrogen) atoms. The van der Waals surface area contributed by atoms with Gasteiger partial charge in [0.1, 0.15) is 11.5 Å². The van der Waals surface area contributed by atoms with E-state index in [2.05, 4.69) is 17.0 Å². The van der Waals surface area contributed by atoms with Crippen molar-refractivity contribution in [3.63, 3.8) is 0 Å². The van der Waals surface area contributed by atoms with Crippen LogP contribution in [0.5, 0.6) is 0 Å². The van der Waals surface area contributed by atoms with E-state index in [9.17, 15) is 9.18 Å². The van der Waals surface area contributed by atoms with Gasteiger partial charge in [-0.15, -0.1) is 0 Å². The third-order valence-corrected chi connectivity index (χ3v) is 5.53. The van der Waals surface area contributed by atoms with E-state index in [0.29, 0.717) is 17.3 Å². The highest BCUT2D eigenvalue weighted by atomic mass is 19.1. The Morgan fingerprint density at radius 3 is 2.68 bits per heavy atom. The van der Waals surface area contributed by atoms with Crippen LogP contribution in [0, 0.1) is 5.82 Å². The molecule has 0 spiro atoms. The minimum atomic E-state index is -0.428. The van der Waals surface area contributed by atoms with Crippen molar-refractivity contribution in [2.75, 3.05) is 20.1 Å². The second kappa shape index (κ2) is 6.59. The van der Waals surface area contributed by atoms with Crippen molar-refractivity contribution in [3.05, 3.63) is 48.0 Å². The third-order valence-electron chi connectivity index (χ3n) is 5.53. The fourth-order valence-electron chi connectivity index (χ4n) is 4.27. The lowest BCUT2D eigenvalue weighted by atomic mass is 10.0. The van der Waals surface area contributed by atoms with Crippen LogP contribution in [0.25, 0.3) is 5.69 Å². The van der Waals surface area contributed by atoms with Crippen molar-refractivity contribution in [2.24, 2.45) is 0 Å². The number of likely N-dealkylation sites (N-methyl/N-ethyl adjacent to an activating group) is 1. The number of halogens is 1. The van der Waals surface area contributed by atoms with E-state index < -0.39 is 5.82 Å². The van der Waals surface area contributed by atoms with Gasteiger partial charge < -0.3 is 9.80 Å². The van der Waals surface area contributed by atoms with Crippen LogP contribution in [0.15, 0.2) is 36.7 Å². The van der Waals surface area contributed by atoms with E-state index in [-0.39, 0.29) is 11.9 Å². The molecule has 2 atom stereocenters. The number of carbonyl (C=O) groups excluding carboxylic acids is 1. The highest BCUT2D eigenvalue weighted by molar-refractivity contribution is 5.95. The lowest BCUT2D eigenvalue weighted by molar-refractivity contribution is 0.0664. The van der Waals surface area contributed by atoms with Crippen LogP contribution >= 0.6 is 0 Å². The minimum Gasteiger partial charge on any atom is -0.334 e. The van der Waals surface area contributed by atoms with Gasteiger partial charge in [0.2, 0.25) is 0 Å². The van der Waals surface area contributed by atoms with Gasteiger partial charge >= 0.3 is 0 Å². The molecule has 0 aliphatic carbocycles. The van der Waals surface area contributed by atoms with E-state index >= 15 is 0 Å². The van der Waals surface area contributed by atoms with Gasteiger partial charge in [-0.2, -0.15) is 5.10 Å². The summed E-state index contributed by atoms with van der Waals surface area (Å²) in [5.41, 5.74) is 0.774. The van der Waals surface area contributed by atoms with Crippen molar-refractivity contribution in [2.45, 2.75) is 37.8 Å². The Hall–Kier alpha value is -2.21. The Balaban J connectivity index is 1.57. The zero-order valence-corrected chi connectivity index (χ0v) is 14.4. The van der Waals surface area contributed by atoms with E-state index in [1.54, 1.807) is 30.6 Å². The lowest BCUT2D eigenvalue weighted by Gasteiger charge is -2.33. The Labute approximate surface area is 147 Å². The van der Waals surface area contributed by atoms with Crippen molar-refractivity contribution >= 4 is 5.91 Å². The largest absolute Gasteiger partial charge is 0.334 e. The SMILES string of the molecule is CN1CCCC1C1CCCN1C(=O)c1ccc(-n2cccn2)c(F)c1. The molecule has 0 N–H and O–H groups in total. The van der Waals surface area contributed by atoms with Crippen molar-refractivity contribution in [1.82, 2.24) is 19.6 Å². The molecule has 2 fully saturated rings. The van der Waals surface area contributed by atoms with Crippen LogP contribution < -0.4 is 0 Å². The maximum absolute atomic E-state index is 14.5. The van der Waals surface area contributed by atoms with Crippen LogP contribution in [0.3, 0.4) is 0 Å². The number of benzene rings is 1. The van der Waals surface area contributed by atoms with Crippen LogP contribution in [0.4, 0.5) is 4.39 Å². The minimum absolute atomic E-state index is 0.0614. The molecule has 1 aromatic heterocycles. The van der Waals surface area contributed by atoms with Gasteiger partial charge in [-0.3, -0.25) is 4.79 Å². The summed E-state index contributed by atoms with van der Waals surface area (Å²) in [6.45, 7) is 1.85. The van der Waals surface area contributed by atoms with E-state index in [4.69, 9.17) is 0 Å². The number of aromatic nitrogens is 2. The number of nitrogens with zero attached hydrogens (tertiary/aromatic N) is 4. The maximum atomic E-state index is 14.5. The maximum Gasteiger partial charge on any atom is 0.254 e. The zero-order valence-electron chi connectivity index (χ0n) is 14.4. The molecule has 1 aromatic carbocycles.